The highest BCUT2D eigenvalue weighted by Gasteiger charge is 2.27. The predicted molar refractivity (Wildman–Crippen MR) is 57.9 cm³/mol. The van der Waals surface area contributed by atoms with Gasteiger partial charge in [0.05, 0.1) is 4.90 Å². The topological polar surface area (TPSA) is 63.2 Å². The van der Waals surface area contributed by atoms with Crippen LogP contribution >= 0.6 is 10.7 Å². The Morgan fingerprint density at radius 3 is 2.11 bits per heavy atom. The molecular weight excluding hydrogens is 295 g/mol. The predicted octanol–water partition coefficient (Wildman–Crippen LogP) is 1.91. The van der Waals surface area contributed by atoms with Crippen molar-refractivity contribution < 1.29 is 26.4 Å². The average molecular weight is 302 g/mol. The number of hydrogen-bond donors (Lipinski definition) is 1. The molecule has 0 saturated heterocycles. The van der Waals surface area contributed by atoms with Gasteiger partial charge < -0.3 is 5.32 Å². The molecule has 0 aliphatic heterocycles. The highest BCUT2D eigenvalue weighted by atomic mass is 35.7. The van der Waals surface area contributed by atoms with Crippen LogP contribution in [0.2, 0.25) is 0 Å². The lowest BCUT2D eigenvalue weighted by molar-refractivity contribution is -0.123. The third-order valence-electron chi connectivity index (χ3n) is 1.85. The molecule has 1 aromatic carbocycles. The Labute approximate surface area is 105 Å². The molecule has 1 aromatic rings. The molecule has 0 saturated carbocycles. The van der Waals surface area contributed by atoms with E-state index < -0.39 is 27.7 Å². The minimum atomic E-state index is -4.50. The maximum absolute atomic E-state index is 11.8. The highest BCUT2D eigenvalue weighted by Crippen LogP contribution is 2.16. The quantitative estimate of drug-likeness (QED) is 0.867. The van der Waals surface area contributed by atoms with Crippen LogP contribution in [-0.2, 0) is 9.05 Å². The van der Waals surface area contributed by atoms with Gasteiger partial charge in [-0.05, 0) is 24.3 Å². The van der Waals surface area contributed by atoms with Gasteiger partial charge in [-0.2, -0.15) is 13.2 Å². The van der Waals surface area contributed by atoms with E-state index in [1.807, 2.05) is 0 Å². The molecule has 1 N–H and O–H groups in total. The van der Waals surface area contributed by atoms with E-state index in [0.717, 1.165) is 24.3 Å². The normalized spacial score (nSPS) is 12.2. The number of hydrogen-bond acceptors (Lipinski definition) is 3. The van der Waals surface area contributed by atoms with E-state index in [1.54, 1.807) is 5.32 Å². The number of halogens is 4. The van der Waals surface area contributed by atoms with Crippen molar-refractivity contribution in [2.75, 3.05) is 6.54 Å². The molecule has 1 amide bonds. The summed E-state index contributed by atoms with van der Waals surface area (Å²) in [6.07, 6.45) is -4.50. The Hall–Kier alpha value is -1.28. The van der Waals surface area contributed by atoms with Gasteiger partial charge in [0.25, 0.3) is 15.0 Å². The van der Waals surface area contributed by atoms with E-state index in [-0.39, 0.29) is 10.5 Å². The lowest BCUT2D eigenvalue weighted by Gasteiger charge is -2.08. The first-order chi connectivity index (χ1) is 8.09. The first kappa shape index (κ1) is 14.8. The van der Waals surface area contributed by atoms with Crippen molar-refractivity contribution in [1.29, 1.82) is 0 Å². The number of nitrogens with one attached hydrogen (secondary N) is 1. The zero-order valence-corrected chi connectivity index (χ0v) is 10.2. The summed E-state index contributed by atoms with van der Waals surface area (Å²) in [5.74, 6) is -0.953. The van der Waals surface area contributed by atoms with Gasteiger partial charge in [0.1, 0.15) is 6.54 Å². The first-order valence-electron chi connectivity index (χ1n) is 4.49. The number of carbonyl (C=O) groups is 1. The van der Waals surface area contributed by atoms with Crippen LogP contribution in [0, 0.1) is 0 Å². The fourth-order valence-electron chi connectivity index (χ4n) is 1.05. The molecule has 0 heterocycles. The van der Waals surface area contributed by atoms with E-state index in [0.29, 0.717) is 0 Å². The van der Waals surface area contributed by atoms with Gasteiger partial charge in [0.15, 0.2) is 0 Å². The molecule has 0 aliphatic carbocycles. The van der Waals surface area contributed by atoms with Gasteiger partial charge in [-0.3, -0.25) is 4.79 Å². The van der Waals surface area contributed by atoms with Crippen molar-refractivity contribution in [1.82, 2.24) is 5.32 Å². The number of carbonyl (C=O) groups excluding carboxylic acids is 1. The van der Waals surface area contributed by atoms with Gasteiger partial charge in [-0.1, -0.05) is 0 Å². The zero-order chi connectivity index (χ0) is 14.0. The van der Waals surface area contributed by atoms with Crippen LogP contribution in [0.1, 0.15) is 10.4 Å². The Kier molecular flexibility index (Phi) is 4.23. The lowest BCUT2D eigenvalue weighted by Crippen LogP contribution is -2.33. The highest BCUT2D eigenvalue weighted by molar-refractivity contribution is 8.13. The van der Waals surface area contributed by atoms with Crippen molar-refractivity contribution >= 4 is 25.6 Å². The van der Waals surface area contributed by atoms with Crippen molar-refractivity contribution in [3.63, 3.8) is 0 Å². The molecule has 0 radical (unpaired) electrons. The molecule has 100 valence electrons. The largest absolute Gasteiger partial charge is 0.405 e. The molecule has 18 heavy (non-hydrogen) atoms. The summed E-state index contributed by atoms with van der Waals surface area (Å²) in [5.41, 5.74) is -0.0942. The van der Waals surface area contributed by atoms with Gasteiger partial charge in [-0.15, -0.1) is 0 Å². The van der Waals surface area contributed by atoms with Crippen molar-refractivity contribution in [3.05, 3.63) is 29.8 Å². The summed E-state index contributed by atoms with van der Waals surface area (Å²) < 4.78 is 57.3. The average Bonchev–Trinajstić information content (AvgIpc) is 2.24. The Balaban J connectivity index is 2.77. The van der Waals surface area contributed by atoms with Gasteiger partial charge in [0.2, 0.25) is 0 Å². The van der Waals surface area contributed by atoms with Crippen LogP contribution in [0.25, 0.3) is 0 Å². The third kappa shape index (κ3) is 4.53. The summed E-state index contributed by atoms with van der Waals surface area (Å²) in [6, 6.07) is 4.21. The molecule has 0 aliphatic rings. The fourth-order valence-corrected chi connectivity index (χ4v) is 1.82. The van der Waals surface area contributed by atoms with E-state index in [4.69, 9.17) is 10.7 Å². The Morgan fingerprint density at radius 1 is 1.22 bits per heavy atom. The van der Waals surface area contributed by atoms with E-state index in [1.165, 1.54) is 0 Å². The molecule has 0 unspecified atom stereocenters. The Bertz CT molecular complexity index is 539. The van der Waals surface area contributed by atoms with Crippen LogP contribution in [-0.4, -0.2) is 27.0 Å². The van der Waals surface area contributed by atoms with Crippen LogP contribution in [0.15, 0.2) is 29.2 Å². The van der Waals surface area contributed by atoms with E-state index in [9.17, 15) is 26.4 Å². The summed E-state index contributed by atoms with van der Waals surface area (Å²) in [7, 11) is 1.11. The van der Waals surface area contributed by atoms with Gasteiger partial charge in [0, 0.05) is 16.2 Å². The number of amides is 1. The second-order valence-electron chi connectivity index (χ2n) is 3.26. The Morgan fingerprint density at radius 2 is 1.72 bits per heavy atom. The van der Waals surface area contributed by atoms with Crippen molar-refractivity contribution in [3.8, 4) is 0 Å². The maximum Gasteiger partial charge on any atom is 0.405 e. The summed E-state index contributed by atoms with van der Waals surface area (Å²) >= 11 is 0. The van der Waals surface area contributed by atoms with Crippen LogP contribution in [0.4, 0.5) is 13.2 Å². The number of rotatable bonds is 3. The smallest absolute Gasteiger partial charge is 0.343 e. The molecule has 0 bridgehead atoms. The summed E-state index contributed by atoms with van der Waals surface area (Å²) in [5, 5.41) is 1.65. The first-order valence-corrected chi connectivity index (χ1v) is 6.80. The zero-order valence-electron chi connectivity index (χ0n) is 8.66. The molecule has 9 heteroatoms. The second-order valence-corrected chi connectivity index (χ2v) is 5.83. The molecule has 4 nitrogen and oxygen atoms in total. The molecule has 0 aromatic heterocycles. The van der Waals surface area contributed by atoms with Crippen molar-refractivity contribution in [2.45, 2.75) is 11.1 Å². The molecule has 0 fully saturated rings. The van der Waals surface area contributed by atoms with Crippen LogP contribution in [0.3, 0.4) is 0 Å². The number of alkyl halides is 3. The van der Waals surface area contributed by atoms with E-state index in [2.05, 4.69) is 0 Å². The standard InChI is InChI=1S/C9H7ClF3NO3S/c10-18(16,17)7-3-1-6(2-4-7)8(15)14-5-9(11,12)13/h1-4H,5H2,(H,14,15). The molecule has 0 atom stereocenters. The minimum Gasteiger partial charge on any atom is -0.343 e. The van der Waals surface area contributed by atoms with Crippen LogP contribution < -0.4 is 5.32 Å². The van der Waals surface area contributed by atoms with Gasteiger partial charge >= 0.3 is 6.18 Å². The summed E-state index contributed by atoms with van der Waals surface area (Å²) in [4.78, 5) is 11.0. The lowest BCUT2D eigenvalue weighted by atomic mass is 10.2. The van der Waals surface area contributed by atoms with Crippen LogP contribution in [0.5, 0.6) is 0 Å². The van der Waals surface area contributed by atoms with E-state index >= 15 is 0 Å². The molecular formula is C9H7ClF3NO3S. The number of benzene rings is 1. The maximum atomic E-state index is 11.8. The monoisotopic (exact) mass is 301 g/mol. The van der Waals surface area contributed by atoms with Gasteiger partial charge in [-0.25, -0.2) is 8.42 Å². The molecule has 0 spiro atoms. The third-order valence-corrected chi connectivity index (χ3v) is 3.22. The SMILES string of the molecule is O=C(NCC(F)(F)F)c1ccc(S(=O)(=O)Cl)cc1. The fraction of sp³-hybridized carbons (Fsp3) is 0.222. The molecule has 1 rings (SSSR count). The second kappa shape index (κ2) is 5.15. The summed E-state index contributed by atoms with van der Waals surface area (Å²) in [6.45, 7) is -1.46. The minimum absolute atomic E-state index is 0.0942. The van der Waals surface area contributed by atoms with Crippen molar-refractivity contribution in [2.24, 2.45) is 0 Å².